The SMILES string of the molecule is CC(N)CCCNCC1CCN(C)C1. The Labute approximate surface area is 88.0 Å². The van der Waals surface area contributed by atoms with Crippen LogP contribution in [0.3, 0.4) is 0 Å². The third kappa shape index (κ3) is 4.94. The van der Waals surface area contributed by atoms with Crippen LogP contribution in [0.2, 0.25) is 0 Å². The molecule has 3 heteroatoms. The van der Waals surface area contributed by atoms with Crippen LogP contribution < -0.4 is 11.1 Å². The monoisotopic (exact) mass is 199 g/mol. The molecule has 84 valence electrons. The fraction of sp³-hybridized carbons (Fsp3) is 1.00. The number of nitrogens with one attached hydrogen (secondary N) is 1. The predicted molar refractivity (Wildman–Crippen MR) is 61.4 cm³/mol. The Kier molecular flexibility index (Phi) is 5.45. The van der Waals surface area contributed by atoms with Gasteiger partial charge in [0.25, 0.3) is 0 Å². The summed E-state index contributed by atoms with van der Waals surface area (Å²) < 4.78 is 0. The molecule has 0 aromatic rings. The van der Waals surface area contributed by atoms with Crippen LogP contribution in [-0.4, -0.2) is 44.2 Å². The van der Waals surface area contributed by atoms with E-state index >= 15 is 0 Å². The highest BCUT2D eigenvalue weighted by atomic mass is 15.1. The van der Waals surface area contributed by atoms with Crippen molar-refractivity contribution in [1.82, 2.24) is 10.2 Å². The van der Waals surface area contributed by atoms with Crippen molar-refractivity contribution >= 4 is 0 Å². The second-order valence-electron chi connectivity index (χ2n) is 4.74. The first kappa shape index (κ1) is 12.0. The minimum atomic E-state index is 0.356. The van der Waals surface area contributed by atoms with E-state index in [4.69, 9.17) is 5.73 Å². The summed E-state index contributed by atoms with van der Waals surface area (Å²) in [4.78, 5) is 2.41. The van der Waals surface area contributed by atoms with E-state index in [1.807, 2.05) is 0 Å². The maximum absolute atomic E-state index is 5.68. The molecule has 3 N–H and O–H groups in total. The van der Waals surface area contributed by atoms with Crippen LogP contribution in [0.15, 0.2) is 0 Å². The van der Waals surface area contributed by atoms with Crippen LogP contribution in [0.4, 0.5) is 0 Å². The topological polar surface area (TPSA) is 41.3 Å². The predicted octanol–water partition coefficient (Wildman–Crippen LogP) is 0.655. The average molecular weight is 199 g/mol. The highest BCUT2D eigenvalue weighted by molar-refractivity contribution is 4.74. The Balaban J connectivity index is 1.89. The maximum atomic E-state index is 5.68. The number of likely N-dealkylation sites (tertiary alicyclic amines) is 1. The summed E-state index contributed by atoms with van der Waals surface area (Å²) in [5, 5.41) is 3.52. The minimum Gasteiger partial charge on any atom is -0.328 e. The molecular weight excluding hydrogens is 174 g/mol. The van der Waals surface area contributed by atoms with Gasteiger partial charge in [-0.05, 0) is 58.8 Å². The highest BCUT2D eigenvalue weighted by Crippen LogP contribution is 2.12. The van der Waals surface area contributed by atoms with Crippen LogP contribution in [-0.2, 0) is 0 Å². The van der Waals surface area contributed by atoms with Crippen molar-refractivity contribution in [2.75, 3.05) is 33.2 Å². The number of nitrogens with two attached hydrogens (primary N) is 1. The van der Waals surface area contributed by atoms with E-state index in [1.54, 1.807) is 0 Å². The van der Waals surface area contributed by atoms with E-state index in [1.165, 1.54) is 32.5 Å². The fourth-order valence-electron chi connectivity index (χ4n) is 2.05. The largest absolute Gasteiger partial charge is 0.328 e. The molecule has 1 aliphatic heterocycles. The smallest absolute Gasteiger partial charge is 0.00192 e. The molecule has 0 aromatic heterocycles. The van der Waals surface area contributed by atoms with Crippen molar-refractivity contribution in [1.29, 1.82) is 0 Å². The summed E-state index contributed by atoms with van der Waals surface area (Å²) in [6, 6.07) is 0.356. The molecule has 1 fully saturated rings. The van der Waals surface area contributed by atoms with E-state index in [9.17, 15) is 0 Å². The van der Waals surface area contributed by atoms with E-state index in [2.05, 4.69) is 24.2 Å². The molecule has 0 aromatic carbocycles. The maximum Gasteiger partial charge on any atom is 0.00192 e. The van der Waals surface area contributed by atoms with Gasteiger partial charge in [-0.2, -0.15) is 0 Å². The van der Waals surface area contributed by atoms with Gasteiger partial charge in [0, 0.05) is 12.6 Å². The van der Waals surface area contributed by atoms with Crippen LogP contribution in [0.25, 0.3) is 0 Å². The molecule has 0 amide bonds. The molecule has 0 saturated carbocycles. The lowest BCUT2D eigenvalue weighted by Gasteiger charge is -2.12. The number of hydrogen-bond donors (Lipinski definition) is 2. The van der Waals surface area contributed by atoms with Crippen molar-refractivity contribution < 1.29 is 0 Å². The minimum absolute atomic E-state index is 0.356. The van der Waals surface area contributed by atoms with Gasteiger partial charge in [-0.25, -0.2) is 0 Å². The first-order valence-electron chi connectivity index (χ1n) is 5.83. The molecule has 0 aliphatic carbocycles. The summed E-state index contributed by atoms with van der Waals surface area (Å²) in [6.07, 6.45) is 3.70. The van der Waals surface area contributed by atoms with Gasteiger partial charge in [-0.1, -0.05) is 0 Å². The molecule has 0 bridgehead atoms. The van der Waals surface area contributed by atoms with Gasteiger partial charge in [-0.15, -0.1) is 0 Å². The Morgan fingerprint density at radius 3 is 2.93 bits per heavy atom. The van der Waals surface area contributed by atoms with Crippen LogP contribution in [0.5, 0.6) is 0 Å². The van der Waals surface area contributed by atoms with Crippen molar-refractivity contribution in [2.45, 2.75) is 32.2 Å². The molecule has 2 atom stereocenters. The molecule has 1 saturated heterocycles. The van der Waals surface area contributed by atoms with Gasteiger partial charge in [0.05, 0.1) is 0 Å². The Morgan fingerprint density at radius 1 is 1.57 bits per heavy atom. The lowest BCUT2D eigenvalue weighted by Crippen LogP contribution is -2.26. The van der Waals surface area contributed by atoms with Gasteiger partial charge in [0.2, 0.25) is 0 Å². The lowest BCUT2D eigenvalue weighted by atomic mass is 10.1. The van der Waals surface area contributed by atoms with Gasteiger partial charge in [-0.3, -0.25) is 0 Å². The number of rotatable bonds is 6. The van der Waals surface area contributed by atoms with Crippen molar-refractivity contribution in [2.24, 2.45) is 11.7 Å². The van der Waals surface area contributed by atoms with E-state index in [0.29, 0.717) is 6.04 Å². The summed E-state index contributed by atoms with van der Waals surface area (Å²) in [5.41, 5.74) is 5.68. The standard InChI is InChI=1S/C11H25N3/c1-10(12)4-3-6-13-8-11-5-7-14(2)9-11/h10-11,13H,3-9,12H2,1-2H3. The third-order valence-corrected chi connectivity index (χ3v) is 2.93. The second kappa shape index (κ2) is 6.38. The number of nitrogens with zero attached hydrogens (tertiary/aromatic N) is 1. The van der Waals surface area contributed by atoms with Crippen LogP contribution >= 0.6 is 0 Å². The summed E-state index contributed by atoms with van der Waals surface area (Å²) >= 11 is 0. The molecule has 1 heterocycles. The third-order valence-electron chi connectivity index (χ3n) is 2.93. The first-order chi connectivity index (χ1) is 6.68. The Morgan fingerprint density at radius 2 is 2.36 bits per heavy atom. The molecular formula is C11H25N3. The van der Waals surface area contributed by atoms with E-state index in [-0.39, 0.29) is 0 Å². The quantitative estimate of drug-likeness (QED) is 0.617. The van der Waals surface area contributed by atoms with Gasteiger partial charge >= 0.3 is 0 Å². The molecule has 3 nitrogen and oxygen atoms in total. The molecule has 0 spiro atoms. The Bertz CT molecular complexity index is 147. The van der Waals surface area contributed by atoms with E-state index in [0.717, 1.165) is 18.9 Å². The molecule has 1 aliphatic rings. The zero-order valence-corrected chi connectivity index (χ0v) is 9.63. The van der Waals surface area contributed by atoms with Crippen molar-refractivity contribution in [3.8, 4) is 0 Å². The lowest BCUT2D eigenvalue weighted by molar-refractivity contribution is 0.387. The van der Waals surface area contributed by atoms with Gasteiger partial charge in [0.15, 0.2) is 0 Å². The molecule has 2 unspecified atom stereocenters. The van der Waals surface area contributed by atoms with Gasteiger partial charge in [0.1, 0.15) is 0 Å². The number of hydrogen-bond acceptors (Lipinski definition) is 3. The zero-order chi connectivity index (χ0) is 10.4. The van der Waals surface area contributed by atoms with Crippen LogP contribution in [0.1, 0.15) is 26.2 Å². The Hall–Kier alpha value is -0.120. The zero-order valence-electron chi connectivity index (χ0n) is 9.63. The van der Waals surface area contributed by atoms with Crippen molar-refractivity contribution in [3.63, 3.8) is 0 Å². The summed E-state index contributed by atoms with van der Waals surface area (Å²) in [5.74, 6) is 0.871. The summed E-state index contributed by atoms with van der Waals surface area (Å²) in [7, 11) is 2.20. The first-order valence-corrected chi connectivity index (χ1v) is 5.83. The molecule has 14 heavy (non-hydrogen) atoms. The molecule has 1 rings (SSSR count). The summed E-state index contributed by atoms with van der Waals surface area (Å²) in [6.45, 7) is 6.92. The highest BCUT2D eigenvalue weighted by Gasteiger charge is 2.18. The van der Waals surface area contributed by atoms with E-state index < -0.39 is 0 Å². The second-order valence-corrected chi connectivity index (χ2v) is 4.74. The normalized spacial score (nSPS) is 25.5. The van der Waals surface area contributed by atoms with Crippen molar-refractivity contribution in [3.05, 3.63) is 0 Å². The van der Waals surface area contributed by atoms with Crippen LogP contribution in [0, 0.1) is 5.92 Å². The fourth-order valence-corrected chi connectivity index (χ4v) is 2.05. The average Bonchev–Trinajstić information content (AvgIpc) is 2.50. The van der Waals surface area contributed by atoms with Gasteiger partial charge < -0.3 is 16.0 Å². The molecule has 0 radical (unpaired) electrons.